The molecular formula is C13H14ClNO3. The number of carbonyl (C=O) groups excluding carboxylic acids is 2. The number of ether oxygens (including phenoxy) is 1. The molecule has 0 aromatic heterocycles. The van der Waals surface area contributed by atoms with E-state index in [9.17, 15) is 9.59 Å². The molecular weight excluding hydrogens is 254 g/mol. The number of hydrogen-bond acceptors (Lipinski definition) is 3. The van der Waals surface area contributed by atoms with E-state index in [2.05, 4.69) is 0 Å². The number of halogens is 1. The van der Waals surface area contributed by atoms with E-state index in [0.29, 0.717) is 23.6 Å². The second-order valence-corrected chi connectivity index (χ2v) is 4.63. The zero-order valence-electron chi connectivity index (χ0n) is 10.1. The highest BCUT2D eigenvalue weighted by Crippen LogP contribution is 2.25. The molecule has 1 aromatic carbocycles. The molecule has 0 atom stereocenters. The summed E-state index contributed by atoms with van der Waals surface area (Å²) in [6.45, 7) is 2.49. The molecule has 1 heterocycles. The van der Waals surface area contributed by atoms with Gasteiger partial charge >= 0.3 is 0 Å². The third-order valence-corrected chi connectivity index (χ3v) is 3.13. The third kappa shape index (κ3) is 2.82. The van der Waals surface area contributed by atoms with Crippen molar-refractivity contribution in [3.63, 3.8) is 0 Å². The minimum atomic E-state index is -0.126. The van der Waals surface area contributed by atoms with E-state index in [0.717, 1.165) is 5.56 Å². The SMILES string of the molecule is Cc1ccc(Cl)c(OCCN2C(=O)CCC2=O)c1. The summed E-state index contributed by atoms with van der Waals surface area (Å²) in [5, 5.41) is 0.527. The molecule has 0 unspecified atom stereocenters. The number of rotatable bonds is 4. The standard InChI is InChI=1S/C13H14ClNO3/c1-9-2-3-10(14)11(8-9)18-7-6-15-12(16)4-5-13(15)17/h2-3,8H,4-7H2,1H3. The van der Waals surface area contributed by atoms with Gasteiger partial charge in [0.2, 0.25) is 11.8 Å². The number of likely N-dealkylation sites (tertiary alicyclic amines) is 1. The van der Waals surface area contributed by atoms with Crippen LogP contribution < -0.4 is 4.74 Å². The van der Waals surface area contributed by atoms with E-state index in [1.54, 1.807) is 6.07 Å². The quantitative estimate of drug-likeness (QED) is 0.786. The Kier molecular flexibility index (Phi) is 3.87. The van der Waals surface area contributed by atoms with Gasteiger partial charge in [0.05, 0.1) is 11.6 Å². The number of aryl methyl sites for hydroxylation is 1. The van der Waals surface area contributed by atoms with Crippen LogP contribution in [0.25, 0.3) is 0 Å². The van der Waals surface area contributed by atoms with E-state index in [1.807, 2.05) is 19.1 Å². The molecule has 1 saturated heterocycles. The Labute approximate surface area is 110 Å². The first-order chi connectivity index (χ1) is 8.58. The van der Waals surface area contributed by atoms with E-state index in [-0.39, 0.29) is 25.0 Å². The van der Waals surface area contributed by atoms with Gasteiger partial charge < -0.3 is 4.74 Å². The fourth-order valence-electron chi connectivity index (χ4n) is 1.84. The van der Waals surface area contributed by atoms with Crippen molar-refractivity contribution >= 4 is 23.4 Å². The minimum absolute atomic E-state index is 0.126. The van der Waals surface area contributed by atoms with Crippen molar-refractivity contribution in [3.05, 3.63) is 28.8 Å². The zero-order chi connectivity index (χ0) is 13.1. The largest absolute Gasteiger partial charge is 0.490 e. The topological polar surface area (TPSA) is 46.6 Å². The maximum Gasteiger partial charge on any atom is 0.229 e. The molecule has 5 heteroatoms. The Hall–Kier alpha value is -1.55. The lowest BCUT2D eigenvalue weighted by Crippen LogP contribution is -2.33. The molecule has 1 aromatic rings. The van der Waals surface area contributed by atoms with Crippen LogP contribution in [0.2, 0.25) is 5.02 Å². The summed E-state index contributed by atoms with van der Waals surface area (Å²) in [5.41, 5.74) is 1.04. The van der Waals surface area contributed by atoms with Gasteiger partial charge in [0.1, 0.15) is 12.4 Å². The molecule has 0 N–H and O–H groups in total. The summed E-state index contributed by atoms with van der Waals surface area (Å²) < 4.78 is 5.50. The van der Waals surface area contributed by atoms with Gasteiger partial charge in [-0.3, -0.25) is 14.5 Å². The van der Waals surface area contributed by atoms with Gasteiger partial charge in [-0.25, -0.2) is 0 Å². The van der Waals surface area contributed by atoms with Gasteiger partial charge in [0, 0.05) is 12.8 Å². The van der Waals surface area contributed by atoms with E-state index in [4.69, 9.17) is 16.3 Å². The van der Waals surface area contributed by atoms with Crippen molar-refractivity contribution < 1.29 is 14.3 Å². The number of hydrogen-bond donors (Lipinski definition) is 0. The Morgan fingerprint density at radius 1 is 1.28 bits per heavy atom. The molecule has 18 heavy (non-hydrogen) atoms. The van der Waals surface area contributed by atoms with Crippen LogP contribution >= 0.6 is 11.6 Å². The monoisotopic (exact) mass is 267 g/mol. The van der Waals surface area contributed by atoms with Gasteiger partial charge in [-0.2, -0.15) is 0 Å². The molecule has 0 saturated carbocycles. The molecule has 1 fully saturated rings. The van der Waals surface area contributed by atoms with Gasteiger partial charge in [0.25, 0.3) is 0 Å². The summed E-state index contributed by atoms with van der Waals surface area (Å²) in [4.78, 5) is 24.0. The first kappa shape index (κ1) is 12.9. The lowest BCUT2D eigenvalue weighted by molar-refractivity contribution is -0.138. The maximum atomic E-state index is 11.4. The molecule has 2 amide bonds. The van der Waals surface area contributed by atoms with Crippen molar-refractivity contribution in [2.75, 3.05) is 13.2 Å². The highest BCUT2D eigenvalue weighted by Gasteiger charge is 2.28. The highest BCUT2D eigenvalue weighted by atomic mass is 35.5. The molecule has 4 nitrogen and oxygen atoms in total. The predicted molar refractivity (Wildman–Crippen MR) is 67.6 cm³/mol. The Morgan fingerprint density at radius 3 is 2.61 bits per heavy atom. The van der Waals surface area contributed by atoms with E-state index >= 15 is 0 Å². The summed E-state index contributed by atoms with van der Waals surface area (Å²) in [6.07, 6.45) is 0.619. The Morgan fingerprint density at radius 2 is 1.94 bits per heavy atom. The Bertz CT molecular complexity index is 471. The average molecular weight is 268 g/mol. The van der Waals surface area contributed by atoms with Crippen molar-refractivity contribution in [1.82, 2.24) is 4.90 Å². The smallest absolute Gasteiger partial charge is 0.229 e. The van der Waals surface area contributed by atoms with E-state index in [1.165, 1.54) is 4.90 Å². The van der Waals surface area contributed by atoms with Gasteiger partial charge in [-0.05, 0) is 24.6 Å². The van der Waals surface area contributed by atoms with Crippen LogP contribution in [0.5, 0.6) is 5.75 Å². The average Bonchev–Trinajstić information content (AvgIpc) is 2.65. The number of amides is 2. The van der Waals surface area contributed by atoms with Gasteiger partial charge in [0.15, 0.2) is 0 Å². The van der Waals surface area contributed by atoms with Crippen molar-refractivity contribution in [1.29, 1.82) is 0 Å². The molecule has 1 aliphatic rings. The lowest BCUT2D eigenvalue weighted by Gasteiger charge is -2.15. The fraction of sp³-hybridized carbons (Fsp3) is 0.385. The number of nitrogens with zero attached hydrogens (tertiary/aromatic N) is 1. The predicted octanol–water partition coefficient (Wildman–Crippen LogP) is 2.18. The molecule has 0 spiro atoms. The summed E-state index contributed by atoms with van der Waals surface area (Å²) in [7, 11) is 0. The second kappa shape index (κ2) is 5.40. The van der Waals surface area contributed by atoms with Crippen LogP contribution in [0.4, 0.5) is 0 Å². The van der Waals surface area contributed by atoms with Crippen molar-refractivity contribution in [2.45, 2.75) is 19.8 Å². The van der Waals surface area contributed by atoms with Crippen molar-refractivity contribution in [3.8, 4) is 5.75 Å². The second-order valence-electron chi connectivity index (χ2n) is 4.22. The molecule has 2 rings (SSSR count). The lowest BCUT2D eigenvalue weighted by atomic mass is 10.2. The van der Waals surface area contributed by atoms with Gasteiger partial charge in [-0.1, -0.05) is 17.7 Å². The minimum Gasteiger partial charge on any atom is -0.490 e. The normalized spacial score (nSPS) is 15.3. The molecule has 0 radical (unpaired) electrons. The first-order valence-electron chi connectivity index (χ1n) is 5.80. The van der Waals surface area contributed by atoms with Crippen LogP contribution in [0.1, 0.15) is 18.4 Å². The summed E-state index contributed by atoms with van der Waals surface area (Å²) in [6, 6.07) is 5.48. The molecule has 1 aliphatic heterocycles. The number of imide groups is 1. The van der Waals surface area contributed by atoms with Gasteiger partial charge in [-0.15, -0.1) is 0 Å². The number of benzene rings is 1. The van der Waals surface area contributed by atoms with E-state index < -0.39 is 0 Å². The Balaban J connectivity index is 1.90. The molecule has 96 valence electrons. The number of carbonyl (C=O) groups is 2. The fourth-order valence-corrected chi connectivity index (χ4v) is 2.01. The van der Waals surface area contributed by atoms with Crippen LogP contribution in [-0.4, -0.2) is 29.9 Å². The summed E-state index contributed by atoms with van der Waals surface area (Å²) >= 11 is 5.98. The van der Waals surface area contributed by atoms with Crippen molar-refractivity contribution in [2.24, 2.45) is 0 Å². The third-order valence-electron chi connectivity index (χ3n) is 2.81. The van der Waals surface area contributed by atoms with Crippen LogP contribution in [-0.2, 0) is 9.59 Å². The zero-order valence-corrected chi connectivity index (χ0v) is 10.9. The molecule has 0 aliphatic carbocycles. The van der Waals surface area contributed by atoms with Crippen LogP contribution in [0, 0.1) is 6.92 Å². The van der Waals surface area contributed by atoms with Crippen LogP contribution in [0.3, 0.4) is 0 Å². The molecule has 0 bridgehead atoms. The highest BCUT2D eigenvalue weighted by molar-refractivity contribution is 6.32. The maximum absolute atomic E-state index is 11.4. The summed E-state index contributed by atoms with van der Waals surface area (Å²) in [5.74, 6) is 0.327. The van der Waals surface area contributed by atoms with Crippen LogP contribution in [0.15, 0.2) is 18.2 Å². The first-order valence-corrected chi connectivity index (χ1v) is 6.18.